The van der Waals surface area contributed by atoms with Crippen molar-refractivity contribution in [2.75, 3.05) is 27.9 Å². The Morgan fingerprint density at radius 1 is 1.07 bits per heavy atom. The van der Waals surface area contributed by atoms with Gasteiger partial charge >= 0.3 is 5.97 Å². The molecule has 10 heteroatoms. The first kappa shape index (κ1) is 21.8. The molecule has 0 saturated carbocycles. The van der Waals surface area contributed by atoms with Crippen LogP contribution in [0.1, 0.15) is 6.42 Å². The number of esters is 1. The molecule has 0 N–H and O–H groups in total. The highest BCUT2D eigenvalue weighted by Gasteiger charge is 2.46. The van der Waals surface area contributed by atoms with Crippen LogP contribution in [0.3, 0.4) is 0 Å². The molecule has 2 aromatic carbocycles. The number of rotatable bonds is 7. The smallest absolute Gasteiger partial charge is 0.324 e. The van der Waals surface area contributed by atoms with Gasteiger partial charge in [-0.2, -0.15) is 4.31 Å². The minimum atomic E-state index is -4.20. The quantitative estimate of drug-likeness (QED) is 0.611. The topological polar surface area (TPSA) is 91.4 Å². The summed E-state index contributed by atoms with van der Waals surface area (Å²) in [6.07, 6.45) is -0.746. The fraction of sp³-hybridized carbons (Fsp3) is 0.350. The van der Waals surface area contributed by atoms with E-state index < -0.39 is 34.0 Å². The average Bonchev–Trinajstić information content (AvgIpc) is 3.19. The maximum atomic E-state index is 14.0. The third-order valence-electron chi connectivity index (χ3n) is 4.78. The third kappa shape index (κ3) is 4.19. The first-order chi connectivity index (χ1) is 14.3. The fourth-order valence-electron chi connectivity index (χ4n) is 3.30. The zero-order valence-electron chi connectivity index (χ0n) is 16.7. The van der Waals surface area contributed by atoms with Crippen LogP contribution in [0.25, 0.3) is 0 Å². The van der Waals surface area contributed by atoms with E-state index in [0.29, 0.717) is 5.75 Å². The summed E-state index contributed by atoms with van der Waals surface area (Å²) in [6, 6.07) is 8.98. The predicted molar refractivity (Wildman–Crippen MR) is 105 cm³/mol. The van der Waals surface area contributed by atoms with E-state index in [1.807, 2.05) is 0 Å². The number of methoxy groups -OCH3 is 3. The number of hydrogen-bond donors (Lipinski definition) is 0. The second-order valence-corrected chi connectivity index (χ2v) is 8.40. The number of carbonyl (C=O) groups excluding carboxylic acids is 1. The molecular formula is C20H22FNO7S. The predicted octanol–water partition coefficient (Wildman–Crippen LogP) is 2.23. The lowest BCUT2D eigenvalue weighted by molar-refractivity contribution is -0.144. The minimum absolute atomic E-state index is 0.00647. The molecule has 1 saturated heterocycles. The standard InChI is InChI=1S/C20H22FNO7S/c1-26-13-8-9-18(27-2)19(11-13)30(24,25)22-12-14(10-16(22)20(23)28-3)29-17-7-5-4-6-15(17)21/h4-9,11,14,16H,10,12H2,1-3H3. The second kappa shape index (κ2) is 8.88. The van der Waals surface area contributed by atoms with Gasteiger partial charge in [0.15, 0.2) is 11.6 Å². The molecule has 0 aromatic heterocycles. The van der Waals surface area contributed by atoms with Crippen LogP contribution < -0.4 is 14.2 Å². The van der Waals surface area contributed by atoms with E-state index in [-0.39, 0.29) is 29.4 Å². The van der Waals surface area contributed by atoms with Gasteiger partial charge in [-0.1, -0.05) is 12.1 Å². The van der Waals surface area contributed by atoms with Crippen molar-refractivity contribution in [2.24, 2.45) is 0 Å². The largest absolute Gasteiger partial charge is 0.497 e. The van der Waals surface area contributed by atoms with Gasteiger partial charge < -0.3 is 18.9 Å². The first-order valence-corrected chi connectivity index (χ1v) is 10.5. The lowest BCUT2D eigenvalue weighted by Gasteiger charge is -2.23. The number of sulfonamides is 1. The molecular weight excluding hydrogens is 417 g/mol. The monoisotopic (exact) mass is 439 g/mol. The summed E-state index contributed by atoms with van der Waals surface area (Å²) in [5, 5.41) is 0. The van der Waals surface area contributed by atoms with Crippen LogP contribution >= 0.6 is 0 Å². The Bertz CT molecular complexity index is 1030. The fourth-order valence-corrected chi connectivity index (χ4v) is 5.09. The van der Waals surface area contributed by atoms with Crippen molar-refractivity contribution in [3.63, 3.8) is 0 Å². The van der Waals surface area contributed by atoms with Gasteiger partial charge in [0.2, 0.25) is 10.0 Å². The van der Waals surface area contributed by atoms with Crippen LogP contribution in [0.2, 0.25) is 0 Å². The van der Waals surface area contributed by atoms with Crippen molar-refractivity contribution in [1.29, 1.82) is 0 Å². The number of hydrogen-bond acceptors (Lipinski definition) is 7. The highest BCUT2D eigenvalue weighted by atomic mass is 32.2. The van der Waals surface area contributed by atoms with E-state index in [4.69, 9.17) is 18.9 Å². The molecule has 1 aliphatic heterocycles. The van der Waals surface area contributed by atoms with Gasteiger partial charge in [-0.05, 0) is 24.3 Å². The van der Waals surface area contributed by atoms with Gasteiger partial charge in [-0.15, -0.1) is 0 Å². The zero-order valence-corrected chi connectivity index (χ0v) is 17.5. The number of carbonyl (C=O) groups is 1. The van der Waals surface area contributed by atoms with E-state index in [9.17, 15) is 17.6 Å². The Morgan fingerprint density at radius 2 is 1.80 bits per heavy atom. The molecule has 2 aromatic rings. The molecule has 3 rings (SSSR count). The maximum absolute atomic E-state index is 14.0. The molecule has 162 valence electrons. The van der Waals surface area contributed by atoms with Crippen LogP contribution in [0.4, 0.5) is 4.39 Å². The lowest BCUT2D eigenvalue weighted by Crippen LogP contribution is -2.41. The Labute approximate surface area is 174 Å². The van der Waals surface area contributed by atoms with E-state index in [1.165, 1.54) is 51.7 Å². The minimum Gasteiger partial charge on any atom is -0.497 e. The Morgan fingerprint density at radius 3 is 2.43 bits per heavy atom. The molecule has 0 aliphatic carbocycles. The maximum Gasteiger partial charge on any atom is 0.324 e. The summed E-state index contributed by atoms with van der Waals surface area (Å²) < 4.78 is 62.6. The second-order valence-electron chi connectivity index (χ2n) is 6.54. The van der Waals surface area contributed by atoms with Crippen molar-refractivity contribution in [2.45, 2.75) is 23.5 Å². The molecule has 1 heterocycles. The van der Waals surface area contributed by atoms with Crippen LogP contribution in [0.5, 0.6) is 17.2 Å². The molecule has 0 bridgehead atoms. The van der Waals surface area contributed by atoms with Crippen molar-refractivity contribution < 1.29 is 36.6 Å². The first-order valence-electron chi connectivity index (χ1n) is 9.04. The van der Waals surface area contributed by atoms with Gasteiger partial charge in [0, 0.05) is 12.5 Å². The Kier molecular flexibility index (Phi) is 6.47. The van der Waals surface area contributed by atoms with Crippen molar-refractivity contribution in [3.8, 4) is 17.2 Å². The van der Waals surface area contributed by atoms with Gasteiger partial charge in [-0.3, -0.25) is 4.79 Å². The van der Waals surface area contributed by atoms with Crippen molar-refractivity contribution in [3.05, 3.63) is 48.3 Å². The van der Waals surface area contributed by atoms with E-state index in [2.05, 4.69) is 0 Å². The summed E-state index contributed by atoms with van der Waals surface area (Å²) in [5.41, 5.74) is 0. The summed E-state index contributed by atoms with van der Waals surface area (Å²) in [4.78, 5) is 12.2. The summed E-state index contributed by atoms with van der Waals surface area (Å²) in [6.45, 7) is -0.170. The Hall–Kier alpha value is -2.85. The SMILES string of the molecule is COC(=O)C1CC(Oc2ccccc2F)CN1S(=O)(=O)c1cc(OC)ccc1OC. The van der Waals surface area contributed by atoms with Crippen LogP contribution in [0.15, 0.2) is 47.4 Å². The van der Waals surface area contributed by atoms with Crippen LogP contribution in [0, 0.1) is 5.82 Å². The van der Waals surface area contributed by atoms with Gasteiger partial charge in [0.05, 0.1) is 27.9 Å². The molecule has 30 heavy (non-hydrogen) atoms. The van der Waals surface area contributed by atoms with E-state index in [0.717, 1.165) is 4.31 Å². The van der Waals surface area contributed by atoms with Crippen molar-refractivity contribution in [1.82, 2.24) is 4.31 Å². The third-order valence-corrected chi connectivity index (χ3v) is 6.67. The molecule has 0 spiro atoms. The summed E-state index contributed by atoms with van der Waals surface area (Å²) in [7, 11) is -0.283. The highest BCUT2D eigenvalue weighted by Crippen LogP contribution is 2.35. The molecule has 1 aliphatic rings. The number of ether oxygens (including phenoxy) is 4. The van der Waals surface area contributed by atoms with E-state index in [1.54, 1.807) is 12.1 Å². The van der Waals surface area contributed by atoms with Crippen LogP contribution in [-0.4, -0.2) is 58.7 Å². The molecule has 2 atom stereocenters. The number of halogens is 1. The lowest BCUT2D eigenvalue weighted by atomic mass is 10.2. The molecule has 8 nitrogen and oxygen atoms in total. The van der Waals surface area contributed by atoms with E-state index >= 15 is 0 Å². The number of nitrogens with zero attached hydrogens (tertiary/aromatic N) is 1. The zero-order chi connectivity index (χ0) is 21.9. The Balaban J connectivity index is 1.97. The molecule has 0 radical (unpaired) electrons. The molecule has 2 unspecified atom stereocenters. The normalized spacial score (nSPS) is 19.3. The average molecular weight is 439 g/mol. The summed E-state index contributed by atoms with van der Waals surface area (Å²) in [5.74, 6) is -0.937. The van der Waals surface area contributed by atoms with Crippen LogP contribution in [-0.2, 0) is 19.6 Å². The van der Waals surface area contributed by atoms with Gasteiger partial charge in [0.1, 0.15) is 28.5 Å². The van der Waals surface area contributed by atoms with Gasteiger partial charge in [-0.25, -0.2) is 12.8 Å². The van der Waals surface area contributed by atoms with Gasteiger partial charge in [0.25, 0.3) is 0 Å². The number of benzene rings is 2. The number of para-hydroxylation sites is 1. The molecule has 1 fully saturated rings. The summed E-state index contributed by atoms with van der Waals surface area (Å²) >= 11 is 0. The molecule has 0 amide bonds. The van der Waals surface area contributed by atoms with Crippen molar-refractivity contribution >= 4 is 16.0 Å². The highest BCUT2D eigenvalue weighted by molar-refractivity contribution is 7.89.